The Morgan fingerprint density at radius 3 is 2.78 bits per heavy atom. The summed E-state index contributed by atoms with van der Waals surface area (Å²) in [5.74, 6) is -0.363. The van der Waals surface area contributed by atoms with Crippen molar-refractivity contribution < 1.29 is 9.18 Å². The van der Waals surface area contributed by atoms with Crippen LogP contribution in [0, 0.1) is 5.82 Å². The molecule has 0 aliphatic heterocycles. The van der Waals surface area contributed by atoms with Gasteiger partial charge in [0.2, 0.25) is 5.91 Å². The summed E-state index contributed by atoms with van der Waals surface area (Å²) in [5.41, 5.74) is 1.81. The van der Waals surface area contributed by atoms with Crippen molar-refractivity contribution in [2.75, 3.05) is 0 Å². The number of hydrogen-bond acceptors (Lipinski definition) is 2. The van der Waals surface area contributed by atoms with Gasteiger partial charge in [0.25, 0.3) is 0 Å². The summed E-state index contributed by atoms with van der Waals surface area (Å²) in [5, 5.41) is 8.70. The van der Waals surface area contributed by atoms with Gasteiger partial charge in [-0.2, -0.15) is 5.10 Å². The van der Waals surface area contributed by atoms with Crippen molar-refractivity contribution in [1.82, 2.24) is 15.1 Å². The average Bonchev–Trinajstić information content (AvgIpc) is 2.94. The molecule has 0 spiro atoms. The molecule has 23 heavy (non-hydrogen) atoms. The Morgan fingerprint density at radius 1 is 1.22 bits per heavy atom. The second kappa shape index (κ2) is 6.79. The number of carbonyl (C=O) groups is 1. The topological polar surface area (TPSA) is 46.9 Å². The molecule has 3 aromatic rings. The minimum absolute atomic E-state index is 0.0769. The molecule has 0 radical (unpaired) electrons. The number of hydrogen-bond donors (Lipinski definition) is 1. The monoisotopic (exact) mass is 331 g/mol. The predicted molar refractivity (Wildman–Crippen MR) is 87.6 cm³/mol. The summed E-state index contributed by atoms with van der Waals surface area (Å²) < 4.78 is 14.6. The summed E-state index contributed by atoms with van der Waals surface area (Å²) in [6.45, 7) is 0.870. The van der Waals surface area contributed by atoms with Gasteiger partial charge >= 0.3 is 0 Å². The van der Waals surface area contributed by atoms with Crippen molar-refractivity contribution in [3.63, 3.8) is 0 Å². The van der Waals surface area contributed by atoms with Crippen molar-refractivity contribution in [2.24, 2.45) is 0 Å². The minimum Gasteiger partial charge on any atom is -0.352 e. The molecule has 0 bridgehead atoms. The highest BCUT2D eigenvalue weighted by Crippen LogP contribution is 2.19. The maximum absolute atomic E-state index is 12.8. The van der Waals surface area contributed by atoms with E-state index in [1.807, 2.05) is 12.1 Å². The van der Waals surface area contributed by atoms with E-state index in [1.54, 1.807) is 29.1 Å². The lowest BCUT2D eigenvalue weighted by molar-refractivity contribution is -0.121. The van der Waals surface area contributed by atoms with E-state index < -0.39 is 0 Å². The van der Waals surface area contributed by atoms with Gasteiger partial charge in [0.05, 0.1) is 18.3 Å². The lowest BCUT2D eigenvalue weighted by atomic mass is 10.2. The molecule has 0 aliphatic rings. The molecule has 1 amide bonds. The Hall–Kier alpha value is -2.40. The fourth-order valence-electron chi connectivity index (χ4n) is 2.33. The maximum Gasteiger partial charge on any atom is 0.222 e. The first-order valence-electron chi connectivity index (χ1n) is 7.24. The summed E-state index contributed by atoms with van der Waals surface area (Å²) >= 11 is 5.94. The molecule has 0 unspecified atom stereocenters. The normalized spacial score (nSPS) is 10.9. The summed E-state index contributed by atoms with van der Waals surface area (Å²) in [6.07, 6.45) is 2.05. The molecule has 0 atom stereocenters. The molecule has 1 N–H and O–H groups in total. The van der Waals surface area contributed by atoms with Gasteiger partial charge in [0.1, 0.15) is 5.82 Å². The number of nitrogens with zero attached hydrogens (tertiary/aromatic N) is 2. The van der Waals surface area contributed by atoms with Gasteiger partial charge in [-0.05, 0) is 35.9 Å². The second-order valence-corrected chi connectivity index (χ2v) is 5.66. The van der Waals surface area contributed by atoms with Crippen molar-refractivity contribution in [3.8, 4) is 0 Å². The third kappa shape index (κ3) is 3.87. The van der Waals surface area contributed by atoms with Gasteiger partial charge < -0.3 is 5.32 Å². The van der Waals surface area contributed by atoms with Crippen LogP contribution in [0.25, 0.3) is 10.9 Å². The number of carbonyl (C=O) groups excluding carboxylic acids is 1. The molecular formula is C17H15ClFN3O. The van der Waals surface area contributed by atoms with Crippen molar-refractivity contribution in [3.05, 3.63) is 65.1 Å². The molecule has 2 aromatic carbocycles. The summed E-state index contributed by atoms with van der Waals surface area (Å²) in [7, 11) is 0. The minimum atomic E-state index is -0.286. The van der Waals surface area contributed by atoms with Crippen LogP contribution >= 0.6 is 11.6 Å². The smallest absolute Gasteiger partial charge is 0.222 e. The highest BCUT2D eigenvalue weighted by molar-refractivity contribution is 6.31. The number of rotatable bonds is 5. The molecule has 0 saturated heterocycles. The fourth-order valence-corrected chi connectivity index (χ4v) is 2.52. The van der Waals surface area contributed by atoms with Gasteiger partial charge in [-0.25, -0.2) is 4.39 Å². The molecular weight excluding hydrogens is 317 g/mol. The summed E-state index contributed by atoms with van der Waals surface area (Å²) in [6, 6.07) is 11.6. The van der Waals surface area contributed by atoms with Crippen LogP contribution in [0.4, 0.5) is 4.39 Å². The van der Waals surface area contributed by atoms with Gasteiger partial charge in [-0.1, -0.05) is 23.7 Å². The van der Waals surface area contributed by atoms with Crippen LogP contribution in [0.5, 0.6) is 0 Å². The van der Waals surface area contributed by atoms with E-state index in [0.717, 1.165) is 16.5 Å². The lowest BCUT2D eigenvalue weighted by Crippen LogP contribution is -2.24. The van der Waals surface area contributed by atoms with Crippen LogP contribution in [-0.4, -0.2) is 15.7 Å². The Kier molecular flexibility index (Phi) is 4.57. The van der Waals surface area contributed by atoms with E-state index in [9.17, 15) is 9.18 Å². The predicted octanol–water partition coefficient (Wildman–Crippen LogP) is 3.54. The van der Waals surface area contributed by atoms with E-state index in [-0.39, 0.29) is 11.7 Å². The number of amides is 1. The van der Waals surface area contributed by atoms with Crippen LogP contribution in [0.2, 0.25) is 5.02 Å². The van der Waals surface area contributed by atoms with Gasteiger partial charge in [-0.15, -0.1) is 0 Å². The van der Waals surface area contributed by atoms with Crippen molar-refractivity contribution in [1.29, 1.82) is 0 Å². The zero-order valence-corrected chi connectivity index (χ0v) is 13.1. The molecule has 4 nitrogen and oxygen atoms in total. The van der Waals surface area contributed by atoms with Crippen molar-refractivity contribution >= 4 is 28.4 Å². The Balaban J connectivity index is 1.54. The van der Waals surface area contributed by atoms with E-state index >= 15 is 0 Å². The third-order valence-corrected chi connectivity index (χ3v) is 3.79. The number of fused-ring (bicyclic) bond motifs is 1. The Morgan fingerprint density at radius 2 is 2.00 bits per heavy atom. The van der Waals surface area contributed by atoms with Crippen LogP contribution in [0.3, 0.4) is 0 Å². The Labute approximate surface area is 137 Å². The van der Waals surface area contributed by atoms with E-state index in [0.29, 0.717) is 24.5 Å². The molecule has 0 saturated carbocycles. The van der Waals surface area contributed by atoms with Crippen LogP contribution in [-0.2, 0) is 17.9 Å². The third-order valence-electron chi connectivity index (χ3n) is 3.56. The number of benzene rings is 2. The Bertz CT molecular complexity index is 829. The van der Waals surface area contributed by atoms with E-state index in [1.165, 1.54) is 12.1 Å². The zero-order chi connectivity index (χ0) is 16.2. The first-order chi connectivity index (χ1) is 11.1. The van der Waals surface area contributed by atoms with Gasteiger partial charge in [0.15, 0.2) is 0 Å². The first kappa shape index (κ1) is 15.5. The molecule has 0 fully saturated rings. The van der Waals surface area contributed by atoms with Crippen molar-refractivity contribution in [2.45, 2.75) is 19.5 Å². The molecule has 1 heterocycles. The molecule has 1 aromatic heterocycles. The zero-order valence-electron chi connectivity index (χ0n) is 12.3. The average molecular weight is 332 g/mol. The second-order valence-electron chi connectivity index (χ2n) is 5.22. The standard InChI is InChI=1S/C17H15ClFN3O/c18-14-3-6-16-13(9-14)11-21-22(16)8-7-17(23)20-10-12-1-4-15(19)5-2-12/h1-6,9,11H,7-8,10H2,(H,20,23). The highest BCUT2D eigenvalue weighted by atomic mass is 35.5. The van der Waals surface area contributed by atoms with Gasteiger partial charge in [0, 0.05) is 23.4 Å². The number of aryl methyl sites for hydroxylation is 1. The molecule has 6 heteroatoms. The fraction of sp³-hybridized carbons (Fsp3) is 0.176. The van der Waals surface area contributed by atoms with Gasteiger partial charge in [-0.3, -0.25) is 9.48 Å². The lowest BCUT2D eigenvalue weighted by Gasteiger charge is -2.06. The number of nitrogens with one attached hydrogen (secondary N) is 1. The number of aromatic nitrogens is 2. The van der Waals surface area contributed by atoms with E-state index in [2.05, 4.69) is 10.4 Å². The quantitative estimate of drug-likeness (QED) is 0.777. The molecule has 3 rings (SSSR count). The number of halogens is 2. The van der Waals surface area contributed by atoms with Crippen LogP contribution < -0.4 is 5.32 Å². The first-order valence-corrected chi connectivity index (χ1v) is 7.62. The SMILES string of the molecule is O=C(CCn1ncc2cc(Cl)ccc21)NCc1ccc(F)cc1. The van der Waals surface area contributed by atoms with E-state index in [4.69, 9.17) is 11.6 Å². The largest absolute Gasteiger partial charge is 0.352 e. The molecule has 0 aliphatic carbocycles. The summed E-state index contributed by atoms with van der Waals surface area (Å²) in [4.78, 5) is 11.9. The molecule has 118 valence electrons. The maximum atomic E-state index is 12.8. The van der Waals surface area contributed by atoms with Crippen LogP contribution in [0.1, 0.15) is 12.0 Å². The highest BCUT2D eigenvalue weighted by Gasteiger charge is 2.06. The van der Waals surface area contributed by atoms with Crippen LogP contribution in [0.15, 0.2) is 48.7 Å².